The van der Waals surface area contributed by atoms with Gasteiger partial charge < -0.3 is 5.32 Å². The van der Waals surface area contributed by atoms with Crippen LogP contribution in [0.3, 0.4) is 0 Å². The van der Waals surface area contributed by atoms with Gasteiger partial charge in [0.1, 0.15) is 6.33 Å². The number of rotatable bonds is 5. The van der Waals surface area contributed by atoms with E-state index < -0.39 is 0 Å². The van der Waals surface area contributed by atoms with Crippen molar-refractivity contribution in [2.45, 2.75) is 70.3 Å². The van der Waals surface area contributed by atoms with Crippen molar-refractivity contribution in [3.05, 3.63) is 40.9 Å². The predicted molar refractivity (Wildman–Crippen MR) is 117 cm³/mol. The molecule has 1 amide bonds. The maximum absolute atomic E-state index is 13.6. The Hall–Kier alpha value is -1.69. The van der Waals surface area contributed by atoms with Gasteiger partial charge in [-0.2, -0.15) is 0 Å². The summed E-state index contributed by atoms with van der Waals surface area (Å²) in [6.45, 7) is 4.45. The highest BCUT2D eigenvalue weighted by atomic mass is 79.9. The van der Waals surface area contributed by atoms with Crippen LogP contribution in [0.1, 0.15) is 70.3 Å². The molecule has 4 saturated carbocycles. The molecule has 4 aliphatic rings. The molecule has 0 spiro atoms. The number of benzene rings is 1. The largest absolute Gasteiger partial charge is 0.326 e. The van der Waals surface area contributed by atoms with Gasteiger partial charge in [-0.05, 0) is 96.3 Å². The molecule has 2 aromatic rings. The van der Waals surface area contributed by atoms with E-state index >= 15 is 0 Å². The molecule has 6 rings (SSSR count). The van der Waals surface area contributed by atoms with E-state index in [0.717, 1.165) is 44.2 Å². The smallest absolute Gasteiger partial charge is 0.230 e. The Bertz CT molecular complexity index is 907. The minimum atomic E-state index is -0.280. The summed E-state index contributed by atoms with van der Waals surface area (Å²) in [7, 11) is 0. The van der Waals surface area contributed by atoms with Crippen molar-refractivity contribution in [3.8, 4) is 0 Å². The van der Waals surface area contributed by atoms with Gasteiger partial charge in [-0.3, -0.25) is 4.79 Å². The third kappa shape index (κ3) is 3.24. The van der Waals surface area contributed by atoms with Crippen LogP contribution in [0.5, 0.6) is 0 Å². The molecule has 4 bridgehead atoms. The number of carbonyl (C=O) groups excluding carboxylic acids is 1. The number of halogens is 1. The van der Waals surface area contributed by atoms with Crippen LogP contribution in [0.25, 0.3) is 0 Å². The van der Waals surface area contributed by atoms with Crippen LogP contribution >= 0.6 is 15.9 Å². The first-order valence-electron chi connectivity index (χ1n) is 10.9. The fourth-order valence-corrected chi connectivity index (χ4v) is 6.88. The lowest BCUT2D eigenvalue weighted by Gasteiger charge is -2.60. The first-order chi connectivity index (χ1) is 13.9. The van der Waals surface area contributed by atoms with E-state index in [2.05, 4.69) is 74.1 Å². The highest BCUT2D eigenvalue weighted by Gasteiger charge is 2.61. The molecule has 0 aliphatic heterocycles. The van der Waals surface area contributed by atoms with Crippen LogP contribution in [-0.2, 0) is 10.3 Å². The van der Waals surface area contributed by atoms with Gasteiger partial charge in [0.2, 0.25) is 10.6 Å². The summed E-state index contributed by atoms with van der Waals surface area (Å²) >= 11 is 3.40. The lowest BCUT2D eigenvalue weighted by atomic mass is 9.46. The molecule has 1 aromatic carbocycles. The Morgan fingerprint density at radius 2 is 1.93 bits per heavy atom. The summed E-state index contributed by atoms with van der Waals surface area (Å²) in [6, 6.07) is 8.42. The van der Waals surface area contributed by atoms with E-state index in [1.165, 1.54) is 12.0 Å². The highest BCUT2D eigenvalue weighted by molar-refractivity contribution is 9.10. The van der Waals surface area contributed by atoms with Gasteiger partial charge in [0.25, 0.3) is 0 Å². The van der Waals surface area contributed by atoms with Crippen LogP contribution in [0.15, 0.2) is 35.3 Å². The molecule has 0 radical (unpaired) electrons. The minimum absolute atomic E-state index is 0.0547. The number of amides is 1. The van der Waals surface area contributed by atoms with E-state index in [4.69, 9.17) is 0 Å². The minimum Gasteiger partial charge on any atom is -0.326 e. The van der Waals surface area contributed by atoms with Gasteiger partial charge in [-0.25, -0.2) is 9.67 Å². The summed E-state index contributed by atoms with van der Waals surface area (Å²) in [5, 5.41) is 7.86. The molecule has 1 aromatic heterocycles. The monoisotopic (exact) mass is 456 g/mol. The Balaban J connectivity index is 1.39. The summed E-state index contributed by atoms with van der Waals surface area (Å²) in [4.78, 5) is 17.9. The van der Waals surface area contributed by atoms with Gasteiger partial charge in [-0.15, -0.1) is 5.10 Å². The van der Waals surface area contributed by atoms with Crippen LogP contribution in [0, 0.1) is 17.3 Å². The zero-order valence-corrected chi connectivity index (χ0v) is 18.8. The Kier molecular flexibility index (Phi) is 4.61. The van der Waals surface area contributed by atoms with E-state index in [-0.39, 0.29) is 16.9 Å². The van der Waals surface area contributed by atoms with Crippen molar-refractivity contribution < 1.29 is 4.79 Å². The van der Waals surface area contributed by atoms with E-state index in [9.17, 15) is 4.79 Å². The second kappa shape index (κ2) is 6.93. The number of aromatic nitrogens is 3. The lowest BCUT2D eigenvalue weighted by Crippen LogP contribution is -2.60. The average molecular weight is 457 g/mol. The number of hydrogen-bond donors (Lipinski definition) is 1. The third-order valence-electron chi connectivity index (χ3n) is 7.81. The lowest BCUT2D eigenvalue weighted by molar-refractivity contribution is -0.150. The van der Waals surface area contributed by atoms with Crippen molar-refractivity contribution in [1.29, 1.82) is 0 Å². The molecule has 4 fully saturated rings. The van der Waals surface area contributed by atoms with Gasteiger partial charge in [-0.1, -0.05) is 26.0 Å². The summed E-state index contributed by atoms with van der Waals surface area (Å²) < 4.78 is 2.69. The van der Waals surface area contributed by atoms with E-state index in [1.807, 2.05) is 6.33 Å². The van der Waals surface area contributed by atoms with E-state index in [0.29, 0.717) is 22.5 Å². The van der Waals surface area contributed by atoms with Gasteiger partial charge in [0.15, 0.2) is 0 Å². The zero-order valence-electron chi connectivity index (χ0n) is 17.2. The summed E-state index contributed by atoms with van der Waals surface area (Å²) in [6.07, 6.45) is 9.37. The Morgan fingerprint density at radius 1 is 1.24 bits per heavy atom. The normalized spacial score (nSPS) is 33.6. The molecule has 1 heterocycles. The van der Waals surface area contributed by atoms with Crippen molar-refractivity contribution in [2.24, 2.45) is 17.3 Å². The molecule has 29 heavy (non-hydrogen) atoms. The maximum atomic E-state index is 13.6. The van der Waals surface area contributed by atoms with Crippen LogP contribution in [-0.4, -0.2) is 20.7 Å². The van der Waals surface area contributed by atoms with Gasteiger partial charge >= 0.3 is 0 Å². The molecule has 6 heteroatoms. The Morgan fingerprint density at radius 3 is 2.52 bits per heavy atom. The van der Waals surface area contributed by atoms with Crippen LogP contribution in [0.2, 0.25) is 0 Å². The second-order valence-corrected chi connectivity index (χ2v) is 10.5. The maximum Gasteiger partial charge on any atom is 0.230 e. The molecule has 0 unspecified atom stereocenters. The first-order valence-corrected chi connectivity index (χ1v) is 11.7. The molecular weight excluding hydrogens is 428 g/mol. The number of hydrogen-bond acceptors (Lipinski definition) is 3. The van der Waals surface area contributed by atoms with Gasteiger partial charge in [0.05, 0.1) is 11.0 Å². The predicted octanol–water partition coefficient (Wildman–Crippen LogP) is 5.49. The topological polar surface area (TPSA) is 59.8 Å². The number of carbonyl (C=O) groups is 1. The zero-order chi connectivity index (χ0) is 20.2. The van der Waals surface area contributed by atoms with Crippen molar-refractivity contribution in [3.63, 3.8) is 0 Å². The van der Waals surface area contributed by atoms with Crippen molar-refractivity contribution in [1.82, 2.24) is 14.8 Å². The standard InChI is InChI=1S/C23H29BrN4O/c1-3-15(2)18-4-6-19(7-5-18)26-20(29)22-9-16-8-17(10-22)12-23(11-16,13-22)28-14-25-21(24)27-28/h4-7,14-17H,3,8-13H2,1-2H3,(H,26,29)/t15-,16-,17-,22?,23?/m0/s1. The first kappa shape index (κ1) is 19.3. The Labute approximate surface area is 180 Å². The fraction of sp³-hybridized carbons (Fsp3) is 0.609. The molecule has 3 atom stereocenters. The average Bonchev–Trinajstić information content (AvgIpc) is 3.14. The SMILES string of the molecule is CC[C@H](C)c1ccc(NC(=O)C23C[C@@H]4C[C@@H](C2)CC(n2cnc(Br)n2)(C4)C3)cc1. The highest BCUT2D eigenvalue weighted by Crippen LogP contribution is 2.64. The number of nitrogens with zero attached hydrogens (tertiary/aromatic N) is 3. The fourth-order valence-electron chi connectivity index (χ4n) is 6.61. The molecule has 154 valence electrons. The van der Waals surface area contributed by atoms with Crippen molar-refractivity contribution in [2.75, 3.05) is 5.32 Å². The molecular formula is C23H29BrN4O. The molecule has 0 saturated heterocycles. The van der Waals surface area contributed by atoms with E-state index in [1.54, 1.807) is 0 Å². The molecule has 1 N–H and O–H groups in total. The van der Waals surface area contributed by atoms with Crippen LogP contribution in [0.4, 0.5) is 5.69 Å². The van der Waals surface area contributed by atoms with Crippen LogP contribution < -0.4 is 5.32 Å². The van der Waals surface area contributed by atoms with Gasteiger partial charge in [0, 0.05) is 5.69 Å². The molecule has 5 nitrogen and oxygen atoms in total. The number of nitrogens with one attached hydrogen (secondary N) is 1. The third-order valence-corrected chi connectivity index (χ3v) is 8.18. The molecule has 4 aliphatic carbocycles. The second-order valence-electron chi connectivity index (χ2n) is 9.81. The summed E-state index contributed by atoms with van der Waals surface area (Å²) in [5.74, 6) is 1.96. The number of anilines is 1. The quantitative estimate of drug-likeness (QED) is 0.646. The summed E-state index contributed by atoms with van der Waals surface area (Å²) in [5.41, 5.74) is 1.91. The van der Waals surface area contributed by atoms with Crippen molar-refractivity contribution >= 4 is 27.5 Å².